The van der Waals surface area contributed by atoms with Crippen molar-refractivity contribution in [2.24, 2.45) is 0 Å². The molecule has 0 radical (unpaired) electrons. The molecule has 0 spiro atoms. The molecular formula is C16H9BrCl2N2O3. The molecular weight excluding hydrogens is 419 g/mol. The van der Waals surface area contributed by atoms with Gasteiger partial charge in [-0.25, -0.2) is 4.79 Å². The van der Waals surface area contributed by atoms with E-state index >= 15 is 0 Å². The molecule has 8 heteroatoms. The van der Waals surface area contributed by atoms with E-state index in [2.05, 4.69) is 26.1 Å². The Morgan fingerprint density at radius 3 is 2.62 bits per heavy atom. The van der Waals surface area contributed by atoms with Crippen molar-refractivity contribution < 1.29 is 13.9 Å². The van der Waals surface area contributed by atoms with Gasteiger partial charge in [0.05, 0.1) is 10.6 Å². The summed E-state index contributed by atoms with van der Waals surface area (Å²) in [6.45, 7) is -0.162. The van der Waals surface area contributed by atoms with Gasteiger partial charge < -0.3 is 9.15 Å². The van der Waals surface area contributed by atoms with Crippen LogP contribution in [0.2, 0.25) is 10.0 Å². The number of carbonyl (C=O) groups excluding carboxylic acids is 1. The monoisotopic (exact) mass is 426 g/mol. The third kappa shape index (κ3) is 3.95. The fourth-order valence-electron chi connectivity index (χ4n) is 1.88. The average Bonchev–Trinajstić information content (AvgIpc) is 3.04. The Bertz CT molecular complexity index is 881. The second-order valence-corrected chi connectivity index (χ2v) is 6.47. The molecule has 2 aromatic carbocycles. The third-order valence-corrected chi connectivity index (χ3v) is 4.13. The first kappa shape index (κ1) is 17.0. The summed E-state index contributed by atoms with van der Waals surface area (Å²) >= 11 is 15.2. The van der Waals surface area contributed by atoms with E-state index in [1.807, 2.05) is 24.3 Å². The second kappa shape index (κ2) is 7.34. The van der Waals surface area contributed by atoms with Gasteiger partial charge in [0.15, 0.2) is 6.61 Å². The predicted molar refractivity (Wildman–Crippen MR) is 93.0 cm³/mol. The molecule has 0 aliphatic carbocycles. The van der Waals surface area contributed by atoms with Crippen molar-refractivity contribution >= 4 is 45.1 Å². The Morgan fingerprint density at radius 1 is 1.12 bits per heavy atom. The Hall–Kier alpha value is -1.89. The van der Waals surface area contributed by atoms with Crippen molar-refractivity contribution in [3.8, 4) is 11.5 Å². The van der Waals surface area contributed by atoms with Gasteiger partial charge in [0.2, 0.25) is 5.89 Å². The molecule has 122 valence electrons. The number of rotatable bonds is 4. The number of halogens is 3. The molecule has 0 aliphatic heterocycles. The molecule has 0 saturated carbocycles. The number of aromatic nitrogens is 2. The summed E-state index contributed by atoms with van der Waals surface area (Å²) in [5.74, 6) is -0.0975. The highest BCUT2D eigenvalue weighted by Gasteiger charge is 2.15. The van der Waals surface area contributed by atoms with E-state index in [1.165, 1.54) is 12.1 Å². The van der Waals surface area contributed by atoms with Gasteiger partial charge >= 0.3 is 5.97 Å². The first-order valence-corrected chi connectivity index (χ1v) is 8.28. The smallest absolute Gasteiger partial charge is 0.340 e. The highest BCUT2D eigenvalue weighted by Crippen LogP contribution is 2.23. The van der Waals surface area contributed by atoms with Gasteiger partial charge in [0, 0.05) is 15.1 Å². The summed E-state index contributed by atoms with van der Waals surface area (Å²) in [6, 6.07) is 11.9. The van der Waals surface area contributed by atoms with Crippen molar-refractivity contribution in [1.29, 1.82) is 0 Å². The maximum absolute atomic E-state index is 12.0. The van der Waals surface area contributed by atoms with Gasteiger partial charge in [-0.05, 0) is 42.5 Å². The molecule has 0 amide bonds. The minimum atomic E-state index is -0.620. The topological polar surface area (TPSA) is 65.2 Å². The molecule has 0 unspecified atom stereocenters. The van der Waals surface area contributed by atoms with Crippen molar-refractivity contribution in [1.82, 2.24) is 10.2 Å². The van der Waals surface area contributed by atoms with Crippen LogP contribution in [0.1, 0.15) is 16.2 Å². The van der Waals surface area contributed by atoms with Gasteiger partial charge in [-0.2, -0.15) is 0 Å². The van der Waals surface area contributed by atoms with Crippen LogP contribution in [-0.2, 0) is 11.3 Å². The third-order valence-electron chi connectivity index (χ3n) is 3.03. The quantitative estimate of drug-likeness (QED) is 0.537. The van der Waals surface area contributed by atoms with Crippen LogP contribution in [0.25, 0.3) is 11.5 Å². The van der Waals surface area contributed by atoms with Crippen molar-refractivity contribution in [3.63, 3.8) is 0 Å². The molecule has 0 aliphatic rings. The average molecular weight is 428 g/mol. The number of carbonyl (C=O) groups is 1. The van der Waals surface area contributed by atoms with E-state index in [0.29, 0.717) is 10.9 Å². The standard InChI is InChI=1S/C16H9BrCl2N2O3/c17-10-3-1-9(2-4-10)15-21-20-14(24-15)8-23-16(22)12-7-11(18)5-6-13(12)19/h1-7H,8H2. The highest BCUT2D eigenvalue weighted by atomic mass is 79.9. The van der Waals surface area contributed by atoms with E-state index in [4.69, 9.17) is 32.4 Å². The van der Waals surface area contributed by atoms with Gasteiger partial charge in [-0.15, -0.1) is 10.2 Å². The number of benzene rings is 2. The lowest BCUT2D eigenvalue weighted by Crippen LogP contribution is -2.06. The summed E-state index contributed by atoms with van der Waals surface area (Å²) < 4.78 is 11.6. The summed E-state index contributed by atoms with van der Waals surface area (Å²) in [6.07, 6.45) is 0. The second-order valence-electron chi connectivity index (χ2n) is 4.71. The molecule has 24 heavy (non-hydrogen) atoms. The number of hydrogen-bond acceptors (Lipinski definition) is 5. The molecule has 1 aromatic heterocycles. The zero-order valence-corrected chi connectivity index (χ0v) is 15.1. The van der Waals surface area contributed by atoms with Gasteiger partial charge in [-0.1, -0.05) is 39.1 Å². The van der Waals surface area contributed by atoms with E-state index < -0.39 is 5.97 Å². The lowest BCUT2D eigenvalue weighted by atomic mass is 10.2. The van der Waals surface area contributed by atoms with Gasteiger partial charge in [-0.3, -0.25) is 0 Å². The molecule has 0 atom stereocenters. The molecule has 0 fully saturated rings. The first-order chi connectivity index (χ1) is 11.5. The van der Waals surface area contributed by atoms with Crippen LogP contribution in [0, 0.1) is 0 Å². The summed E-state index contributed by atoms with van der Waals surface area (Å²) in [7, 11) is 0. The molecule has 0 saturated heterocycles. The largest absolute Gasteiger partial charge is 0.452 e. The fourth-order valence-corrected chi connectivity index (χ4v) is 2.51. The molecule has 5 nitrogen and oxygen atoms in total. The zero-order valence-electron chi connectivity index (χ0n) is 12.0. The van der Waals surface area contributed by atoms with Crippen LogP contribution in [0.3, 0.4) is 0 Å². The summed E-state index contributed by atoms with van der Waals surface area (Å²) in [4.78, 5) is 12.0. The van der Waals surface area contributed by atoms with Crippen LogP contribution in [0.5, 0.6) is 0 Å². The van der Waals surface area contributed by atoms with E-state index in [-0.39, 0.29) is 23.1 Å². The fraction of sp³-hybridized carbons (Fsp3) is 0.0625. The van der Waals surface area contributed by atoms with Crippen LogP contribution < -0.4 is 0 Å². The van der Waals surface area contributed by atoms with Crippen LogP contribution >= 0.6 is 39.1 Å². The van der Waals surface area contributed by atoms with Gasteiger partial charge in [0.25, 0.3) is 5.89 Å². The molecule has 3 rings (SSSR count). The molecule has 0 bridgehead atoms. The van der Waals surface area contributed by atoms with Crippen molar-refractivity contribution in [2.45, 2.75) is 6.61 Å². The van der Waals surface area contributed by atoms with Crippen LogP contribution in [0.15, 0.2) is 51.4 Å². The SMILES string of the molecule is O=C(OCc1nnc(-c2ccc(Br)cc2)o1)c1cc(Cl)ccc1Cl. The first-order valence-electron chi connectivity index (χ1n) is 6.73. The zero-order chi connectivity index (χ0) is 17.1. The number of ether oxygens (including phenoxy) is 1. The summed E-state index contributed by atoms with van der Waals surface area (Å²) in [5, 5.41) is 8.43. The lowest BCUT2D eigenvalue weighted by Gasteiger charge is -2.04. The Morgan fingerprint density at radius 2 is 1.88 bits per heavy atom. The number of hydrogen-bond donors (Lipinski definition) is 0. The minimum absolute atomic E-state index is 0.162. The van der Waals surface area contributed by atoms with Crippen LogP contribution in [0.4, 0.5) is 0 Å². The highest BCUT2D eigenvalue weighted by molar-refractivity contribution is 9.10. The summed E-state index contributed by atoms with van der Waals surface area (Å²) in [5.41, 5.74) is 0.943. The van der Waals surface area contributed by atoms with Crippen LogP contribution in [-0.4, -0.2) is 16.2 Å². The van der Waals surface area contributed by atoms with E-state index in [0.717, 1.165) is 10.0 Å². The van der Waals surface area contributed by atoms with E-state index in [1.54, 1.807) is 6.07 Å². The maximum atomic E-state index is 12.0. The molecule has 3 aromatic rings. The normalized spacial score (nSPS) is 10.6. The van der Waals surface area contributed by atoms with Crippen molar-refractivity contribution in [3.05, 3.63) is 68.4 Å². The molecule has 1 heterocycles. The number of esters is 1. The Labute approximate surface area is 155 Å². The Kier molecular flexibility index (Phi) is 5.18. The minimum Gasteiger partial charge on any atom is -0.452 e. The number of nitrogens with zero attached hydrogens (tertiary/aromatic N) is 2. The predicted octanol–water partition coefficient (Wildman–Crippen LogP) is 5.16. The van der Waals surface area contributed by atoms with Gasteiger partial charge in [0.1, 0.15) is 0 Å². The lowest BCUT2D eigenvalue weighted by molar-refractivity contribution is 0.0439. The van der Waals surface area contributed by atoms with E-state index in [9.17, 15) is 4.79 Å². The van der Waals surface area contributed by atoms with Crippen molar-refractivity contribution in [2.75, 3.05) is 0 Å². The molecule has 0 N–H and O–H groups in total. The maximum Gasteiger partial charge on any atom is 0.340 e. The Balaban J connectivity index is 1.68.